The quantitative estimate of drug-likeness (QED) is 0.647. The van der Waals surface area contributed by atoms with Crippen LogP contribution in [-0.4, -0.2) is 16.0 Å². The minimum atomic E-state index is -0.400. The van der Waals surface area contributed by atoms with Gasteiger partial charge in [-0.15, -0.1) is 0 Å². The summed E-state index contributed by atoms with van der Waals surface area (Å²) >= 11 is 1.00. The zero-order valence-electron chi connectivity index (χ0n) is 14.0. The van der Waals surface area contributed by atoms with E-state index in [1.54, 1.807) is 0 Å². The lowest BCUT2D eigenvalue weighted by molar-refractivity contribution is -0.118. The molecule has 6 heteroatoms. The van der Waals surface area contributed by atoms with E-state index in [0.29, 0.717) is 11.3 Å². The molecule has 4 rings (SSSR count). The summed E-state index contributed by atoms with van der Waals surface area (Å²) < 4.78 is 0. The first kappa shape index (κ1) is 16.6. The summed E-state index contributed by atoms with van der Waals surface area (Å²) in [5.74, 6) is -0.0473. The van der Waals surface area contributed by atoms with Gasteiger partial charge in [0.15, 0.2) is 0 Å². The summed E-state index contributed by atoms with van der Waals surface area (Å²) in [6.07, 6.45) is 2.21. The van der Waals surface area contributed by atoms with Crippen LogP contribution in [0.3, 0.4) is 0 Å². The number of anilines is 1. The van der Waals surface area contributed by atoms with Crippen molar-refractivity contribution in [2.45, 2.75) is 24.7 Å². The zero-order chi connectivity index (χ0) is 18.1. The number of aromatic hydroxyl groups is 1. The third-order valence-corrected chi connectivity index (χ3v) is 5.66. The predicted molar refractivity (Wildman–Crippen MR) is 102 cm³/mol. The van der Waals surface area contributed by atoms with Crippen molar-refractivity contribution in [3.05, 3.63) is 80.3 Å². The molecule has 3 N–H and O–H groups in total. The molecule has 3 aromatic rings. The van der Waals surface area contributed by atoms with Crippen molar-refractivity contribution >= 4 is 22.9 Å². The maximum Gasteiger partial charge on any atom is 0.307 e. The number of hydrogen-bond acceptors (Lipinski definition) is 4. The molecule has 0 radical (unpaired) electrons. The van der Waals surface area contributed by atoms with Gasteiger partial charge in [0.25, 0.3) is 0 Å². The minimum absolute atomic E-state index is 0.0259. The first-order valence-electron chi connectivity index (χ1n) is 8.44. The lowest BCUT2D eigenvalue weighted by Gasteiger charge is -2.16. The SMILES string of the molecule is O=C(Nc1ccc(Cc2sc(=O)[nH]c2O)cc1)C1(c2ccccc2)CC1. The molecule has 1 saturated carbocycles. The van der Waals surface area contributed by atoms with Crippen molar-refractivity contribution in [2.75, 3.05) is 5.32 Å². The van der Waals surface area contributed by atoms with Crippen LogP contribution < -0.4 is 10.2 Å². The topological polar surface area (TPSA) is 82.2 Å². The van der Waals surface area contributed by atoms with Crippen LogP contribution in [0.5, 0.6) is 5.88 Å². The van der Waals surface area contributed by atoms with E-state index in [1.807, 2.05) is 54.6 Å². The normalized spacial score (nSPS) is 14.8. The van der Waals surface area contributed by atoms with Crippen LogP contribution >= 0.6 is 11.3 Å². The molecule has 1 aliphatic rings. The Labute approximate surface area is 154 Å². The first-order chi connectivity index (χ1) is 12.6. The number of aromatic nitrogens is 1. The van der Waals surface area contributed by atoms with Gasteiger partial charge < -0.3 is 10.4 Å². The van der Waals surface area contributed by atoms with Crippen LogP contribution in [0.25, 0.3) is 0 Å². The average Bonchev–Trinajstić information content (AvgIpc) is 3.39. The zero-order valence-corrected chi connectivity index (χ0v) is 14.8. The van der Waals surface area contributed by atoms with Gasteiger partial charge in [-0.05, 0) is 36.1 Å². The lowest BCUT2D eigenvalue weighted by Crippen LogP contribution is -2.27. The van der Waals surface area contributed by atoms with Crippen molar-refractivity contribution < 1.29 is 9.90 Å². The summed E-state index contributed by atoms with van der Waals surface area (Å²) in [4.78, 5) is 26.7. The van der Waals surface area contributed by atoms with E-state index in [4.69, 9.17) is 0 Å². The molecule has 26 heavy (non-hydrogen) atoms. The number of hydrogen-bond donors (Lipinski definition) is 3. The van der Waals surface area contributed by atoms with E-state index < -0.39 is 5.41 Å². The Hall–Kier alpha value is -2.86. The standard InChI is InChI=1S/C20H18N2O3S/c23-17-16(26-19(25)22-17)12-13-6-8-15(9-7-13)21-18(24)20(10-11-20)14-4-2-1-3-5-14/h1-9,23H,10-12H2,(H,21,24)(H,22,25). The number of benzene rings is 2. The Kier molecular flexibility index (Phi) is 4.12. The van der Waals surface area contributed by atoms with E-state index >= 15 is 0 Å². The smallest absolute Gasteiger partial charge is 0.307 e. The van der Waals surface area contributed by atoms with E-state index in [0.717, 1.165) is 41.0 Å². The van der Waals surface area contributed by atoms with Crippen molar-refractivity contribution in [2.24, 2.45) is 0 Å². The number of carbonyl (C=O) groups excluding carboxylic acids is 1. The van der Waals surface area contributed by atoms with Crippen molar-refractivity contribution in [3.8, 4) is 5.88 Å². The molecule has 0 spiro atoms. The number of aromatic amines is 1. The van der Waals surface area contributed by atoms with E-state index in [1.165, 1.54) is 0 Å². The summed E-state index contributed by atoms with van der Waals surface area (Å²) in [7, 11) is 0. The van der Waals surface area contributed by atoms with Gasteiger partial charge in [-0.1, -0.05) is 53.8 Å². The summed E-state index contributed by atoms with van der Waals surface area (Å²) in [6.45, 7) is 0. The molecule has 0 saturated heterocycles. The highest BCUT2D eigenvalue weighted by molar-refractivity contribution is 7.09. The van der Waals surface area contributed by atoms with Gasteiger partial charge >= 0.3 is 4.87 Å². The molecular formula is C20H18N2O3S. The maximum atomic E-state index is 12.7. The second-order valence-electron chi connectivity index (χ2n) is 6.56. The van der Waals surface area contributed by atoms with Crippen molar-refractivity contribution in [1.82, 2.24) is 4.98 Å². The second-order valence-corrected chi connectivity index (χ2v) is 7.63. The third kappa shape index (κ3) is 3.15. The molecule has 1 fully saturated rings. The van der Waals surface area contributed by atoms with E-state index in [9.17, 15) is 14.7 Å². The Morgan fingerprint density at radius 3 is 2.38 bits per heavy atom. The highest BCUT2D eigenvalue weighted by Gasteiger charge is 2.51. The van der Waals surface area contributed by atoms with Crippen LogP contribution in [0.1, 0.15) is 28.8 Å². The van der Waals surface area contributed by atoms with Crippen LogP contribution in [0.4, 0.5) is 5.69 Å². The number of nitrogens with one attached hydrogen (secondary N) is 2. The Morgan fingerprint density at radius 1 is 1.12 bits per heavy atom. The second kappa shape index (κ2) is 6.46. The molecule has 0 unspecified atom stereocenters. The van der Waals surface area contributed by atoms with Crippen LogP contribution in [0, 0.1) is 0 Å². The third-order valence-electron chi connectivity index (χ3n) is 4.79. The van der Waals surface area contributed by atoms with Crippen LogP contribution in [-0.2, 0) is 16.6 Å². The number of carbonyl (C=O) groups is 1. The molecule has 1 aliphatic carbocycles. The summed E-state index contributed by atoms with van der Waals surface area (Å²) in [6, 6.07) is 17.4. The van der Waals surface area contributed by atoms with Crippen molar-refractivity contribution in [1.29, 1.82) is 0 Å². The summed E-state index contributed by atoms with van der Waals surface area (Å²) in [5, 5.41) is 12.7. The van der Waals surface area contributed by atoms with E-state index in [2.05, 4.69) is 10.3 Å². The number of rotatable bonds is 5. The maximum absolute atomic E-state index is 12.7. The van der Waals surface area contributed by atoms with Crippen molar-refractivity contribution in [3.63, 3.8) is 0 Å². The number of thiazole rings is 1. The van der Waals surface area contributed by atoms with E-state index in [-0.39, 0.29) is 16.7 Å². The predicted octanol–water partition coefficient (Wildman–Crippen LogP) is 3.40. The summed E-state index contributed by atoms with van der Waals surface area (Å²) in [5.41, 5.74) is 2.36. The minimum Gasteiger partial charge on any atom is -0.494 e. The lowest BCUT2D eigenvalue weighted by atomic mass is 9.95. The molecular weight excluding hydrogens is 348 g/mol. The van der Waals surface area contributed by atoms with Gasteiger partial charge in [0, 0.05) is 12.1 Å². The van der Waals surface area contributed by atoms with Gasteiger partial charge in [-0.2, -0.15) is 0 Å². The molecule has 132 valence electrons. The fourth-order valence-electron chi connectivity index (χ4n) is 3.14. The molecule has 2 aromatic carbocycles. The van der Waals surface area contributed by atoms with Gasteiger partial charge in [-0.25, -0.2) is 0 Å². The molecule has 5 nitrogen and oxygen atoms in total. The fourth-order valence-corrected chi connectivity index (χ4v) is 3.90. The van der Waals surface area contributed by atoms with Gasteiger partial charge in [0.2, 0.25) is 11.8 Å². The average molecular weight is 366 g/mol. The highest BCUT2D eigenvalue weighted by Crippen LogP contribution is 2.48. The van der Waals surface area contributed by atoms with Gasteiger partial charge in [0.05, 0.1) is 10.3 Å². The molecule has 0 aliphatic heterocycles. The fraction of sp³-hybridized carbons (Fsp3) is 0.200. The highest BCUT2D eigenvalue weighted by atomic mass is 32.1. The Balaban J connectivity index is 1.45. The Bertz CT molecular complexity index is 986. The molecule has 1 amide bonds. The molecule has 1 heterocycles. The Morgan fingerprint density at radius 2 is 1.81 bits per heavy atom. The molecule has 1 aromatic heterocycles. The molecule has 0 bridgehead atoms. The monoisotopic (exact) mass is 366 g/mol. The number of H-pyrrole nitrogens is 1. The van der Waals surface area contributed by atoms with Gasteiger partial charge in [-0.3, -0.25) is 14.6 Å². The van der Waals surface area contributed by atoms with Gasteiger partial charge in [0.1, 0.15) is 0 Å². The number of amides is 1. The van der Waals surface area contributed by atoms with Crippen LogP contribution in [0.15, 0.2) is 59.4 Å². The first-order valence-corrected chi connectivity index (χ1v) is 9.25. The van der Waals surface area contributed by atoms with Crippen LogP contribution in [0.2, 0.25) is 0 Å². The largest absolute Gasteiger partial charge is 0.494 e. The molecule has 0 atom stereocenters.